The molecule has 27 heavy (non-hydrogen) atoms. The quantitative estimate of drug-likeness (QED) is 0.418. The van der Waals surface area contributed by atoms with E-state index >= 15 is 0 Å². The van der Waals surface area contributed by atoms with Gasteiger partial charge in [-0.25, -0.2) is 18.1 Å². The monoisotopic (exact) mass is 408 g/mol. The highest BCUT2D eigenvalue weighted by Crippen LogP contribution is 2.15. The van der Waals surface area contributed by atoms with Crippen LogP contribution in [0, 0.1) is 0 Å². The number of pyridine rings is 1. The summed E-state index contributed by atoms with van der Waals surface area (Å²) in [5, 5.41) is 4.98. The van der Waals surface area contributed by atoms with Gasteiger partial charge in [-0.05, 0) is 23.6 Å². The van der Waals surface area contributed by atoms with Crippen molar-refractivity contribution >= 4 is 33.1 Å². The van der Waals surface area contributed by atoms with Crippen LogP contribution in [0.5, 0.6) is 0 Å². The second-order valence-electron chi connectivity index (χ2n) is 5.97. The second-order valence-corrected chi connectivity index (χ2v) is 8.91. The van der Waals surface area contributed by atoms with Crippen LogP contribution in [0.4, 0.5) is 5.82 Å². The van der Waals surface area contributed by atoms with Gasteiger partial charge in [-0.3, -0.25) is 4.99 Å². The van der Waals surface area contributed by atoms with Gasteiger partial charge >= 0.3 is 0 Å². The van der Waals surface area contributed by atoms with Crippen LogP contribution in [-0.4, -0.2) is 70.6 Å². The van der Waals surface area contributed by atoms with E-state index in [1.165, 1.54) is 11.3 Å². The molecule has 0 aliphatic carbocycles. The summed E-state index contributed by atoms with van der Waals surface area (Å²) in [4.78, 5) is 13.1. The molecule has 2 N–H and O–H groups in total. The lowest BCUT2D eigenvalue weighted by atomic mass is 10.3. The Kier molecular flexibility index (Phi) is 6.64. The summed E-state index contributed by atoms with van der Waals surface area (Å²) in [6.07, 6.45) is 1.80. The maximum Gasteiger partial charge on any atom is 0.250 e. The summed E-state index contributed by atoms with van der Waals surface area (Å²) in [5.74, 6) is 1.77. The summed E-state index contributed by atoms with van der Waals surface area (Å²) in [6.45, 7) is 4.16. The fourth-order valence-electron chi connectivity index (χ4n) is 2.87. The fraction of sp³-hybridized carbons (Fsp3) is 0.412. The zero-order valence-corrected chi connectivity index (χ0v) is 16.8. The molecule has 0 spiro atoms. The van der Waals surface area contributed by atoms with Crippen molar-refractivity contribution in [2.75, 3.05) is 51.2 Å². The molecule has 2 aromatic rings. The highest BCUT2D eigenvalue weighted by Gasteiger charge is 2.20. The predicted octanol–water partition coefficient (Wildman–Crippen LogP) is 0.819. The smallest absolute Gasteiger partial charge is 0.250 e. The van der Waals surface area contributed by atoms with Crippen LogP contribution in [0.1, 0.15) is 0 Å². The third-order valence-corrected chi connectivity index (χ3v) is 7.08. The zero-order valence-electron chi connectivity index (χ0n) is 15.2. The van der Waals surface area contributed by atoms with E-state index in [-0.39, 0.29) is 0 Å². The van der Waals surface area contributed by atoms with Crippen LogP contribution in [0.15, 0.2) is 51.1 Å². The predicted molar refractivity (Wildman–Crippen MR) is 109 cm³/mol. The van der Waals surface area contributed by atoms with Gasteiger partial charge in [0.25, 0.3) is 0 Å². The number of hydrogen-bond acceptors (Lipinski definition) is 6. The normalized spacial score (nSPS) is 15.8. The average Bonchev–Trinajstić information content (AvgIpc) is 3.25. The number of sulfonamides is 1. The van der Waals surface area contributed by atoms with Crippen molar-refractivity contribution in [3.63, 3.8) is 0 Å². The number of aromatic nitrogens is 1. The first-order valence-corrected chi connectivity index (χ1v) is 11.1. The molecule has 8 nitrogen and oxygen atoms in total. The van der Waals surface area contributed by atoms with Crippen molar-refractivity contribution in [1.82, 2.24) is 19.9 Å². The van der Waals surface area contributed by atoms with Gasteiger partial charge in [0, 0.05) is 52.5 Å². The Morgan fingerprint density at radius 3 is 2.63 bits per heavy atom. The lowest BCUT2D eigenvalue weighted by Crippen LogP contribution is -2.53. The van der Waals surface area contributed by atoms with Crippen molar-refractivity contribution < 1.29 is 8.42 Å². The van der Waals surface area contributed by atoms with E-state index < -0.39 is 10.0 Å². The molecule has 0 unspecified atom stereocenters. The molecule has 146 valence electrons. The van der Waals surface area contributed by atoms with Crippen LogP contribution in [0.25, 0.3) is 0 Å². The van der Waals surface area contributed by atoms with Crippen LogP contribution >= 0.6 is 11.3 Å². The number of aliphatic imine (C=N–C) groups is 1. The van der Waals surface area contributed by atoms with Crippen LogP contribution in [0.3, 0.4) is 0 Å². The molecule has 1 aliphatic heterocycles. The van der Waals surface area contributed by atoms with E-state index in [0.29, 0.717) is 17.3 Å². The van der Waals surface area contributed by atoms with Gasteiger partial charge in [-0.15, -0.1) is 11.3 Å². The first-order chi connectivity index (χ1) is 13.1. The van der Waals surface area contributed by atoms with E-state index in [1.807, 2.05) is 18.2 Å². The molecule has 0 bridgehead atoms. The van der Waals surface area contributed by atoms with E-state index in [1.54, 1.807) is 30.8 Å². The van der Waals surface area contributed by atoms with Crippen molar-refractivity contribution in [2.45, 2.75) is 4.21 Å². The minimum absolute atomic E-state index is 0.299. The third kappa shape index (κ3) is 5.18. The molecule has 0 atom stereocenters. The number of nitrogens with one attached hydrogen (secondary N) is 2. The minimum atomic E-state index is -3.42. The van der Waals surface area contributed by atoms with Crippen molar-refractivity contribution in [1.29, 1.82) is 0 Å². The highest BCUT2D eigenvalue weighted by atomic mass is 32.2. The van der Waals surface area contributed by atoms with E-state index in [0.717, 1.165) is 38.0 Å². The molecule has 0 radical (unpaired) electrons. The van der Waals surface area contributed by atoms with Gasteiger partial charge in [-0.2, -0.15) is 0 Å². The van der Waals surface area contributed by atoms with Crippen molar-refractivity contribution in [2.24, 2.45) is 4.99 Å². The Labute approximate surface area is 164 Å². The zero-order chi connectivity index (χ0) is 19.1. The van der Waals surface area contributed by atoms with Gasteiger partial charge in [0.1, 0.15) is 10.0 Å². The van der Waals surface area contributed by atoms with Gasteiger partial charge in [0.15, 0.2) is 5.96 Å². The van der Waals surface area contributed by atoms with E-state index in [4.69, 9.17) is 0 Å². The van der Waals surface area contributed by atoms with Crippen molar-refractivity contribution in [3.05, 3.63) is 41.9 Å². The van der Waals surface area contributed by atoms with E-state index in [9.17, 15) is 8.42 Å². The largest absolute Gasteiger partial charge is 0.355 e. The van der Waals surface area contributed by atoms with Gasteiger partial charge in [-0.1, -0.05) is 12.1 Å². The molecule has 3 heterocycles. The van der Waals surface area contributed by atoms with E-state index in [2.05, 4.69) is 29.8 Å². The standard InChI is InChI=1S/C17H24N6O2S2/c1-18-17(20-8-9-21-27(24,25)16-6-4-14-26-16)23-12-10-22(11-13-23)15-5-2-3-7-19-15/h2-7,14,21H,8-13H2,1H3,(H,18,20). The number of anilines is 1. The number of thiophene rings is 1. The number of guanidine groups is 1. The first-order valence-electron chi connectivity index (χ1n) is 8.75. The number of hydrogen-bond donors (Lipinski definition) is 2. The molecule has 0 aromatic carbocycles. The van der Waals surface area contributed by atoms with Gasteiger partial charge in [0.05, 0.1) is 0 Å². The Hall–Kier alpha value is -2.17. The summed E-state index contributed by atoms with van der Waals surface area (Å²) in [5.41, 5.74) is 0. The molecule has 10 heteroatoms. The molecular weight excluding hydrogens is 384 g/mol. The Morgan fingerprint density at radius 1 is 1.19 bits per heavy atom. The maximum atomic E-state index is 12.1. The number of nitrogens with zero attached hydrogens (tertiary/aromatic N) is 4. The molecule has 0 amide bonds. The molecule has 0 saturated carbocycles. The number of piperazine rings is 1. The number of rotatable bonds is 6. The molecule has 1 fully saturated rings. The molecule has 2 aromatic heterocycles. The van der Waals surface area contributed by atoms with Crippen LogP contribution < -0.4 is 14.9 Å². The summed E-state index contributed by atoms with van der Waals surface area (Å²) < 4.78 is 27.1. The first kappa shape index (κ1) is 19.6. The van der Waals surface area contributed by atoms with Gasteiger partial charge < -0.3 is 15.1 Å². The molecule has 3 rings (SSSR count). The van der Waals surface area contributed by atoms with Crippen molar-refractivity contribution in [3.8, 4) is 0 Å². The van der Waals surface area contributed by atoms with Gasteiger partial charge in [0.2, 0.25) is 10.0 Å². The second kappa shape index (κ2) is 9.16. The maximum absolute atomic E-state index is 12.1. The molecule has 1 aliphatic rings. The SMILES string of the molecule is CN=C(NCCNS(=O)(=O)c1cccs1)N1CCN(c2ccccn2)CC1. The third-order valence-electron chi connectivity index (χ3n) is 4.22. The lowest BCUT2D eigenvalue weighted by Gasteiger charge is -2.37. The average molecular weight is 409 g/mol. The molecular formula is C17H24N6O2S2. The summed E-state index contributed by atoms with van der Waals surface area (Å²) in [7, 11) is -1.68. The Morgan fingerprint density at radius 2 is 2.00 bits per heavy atom. The fourth-order valence-corrected chi connectivity index (χ4v) is 4.94. The van der Waals surface area contributed by atoms with Crippen LogP contribution in [0.2, 0.25) is 0 Å². The molecule has 1 saturated heterocycles. The lowest BCUT2D eigenvalue weighted by molar-refractivity contribution is 0.372. The highest BCUT2D eigenvalue weighted by molar-refractivity contribution is 7.91. The minimum Gasteiger partial charge on any atom is -0.355 e. The Bertz CT molecular complexity index is 832. The summed E-state index contributed by atoms with van der Waals surface area (Å²) in [6, 6.07) is 9.25. The summed E-state index contributed by atoms with van der Waals surface area (Å²) >= 11 is 1.21. The van der Waals surface area contributed by atoms with Crippen LogP contribution in [-0.2, 0) is 10.0 Å². The topological polar surface area (TPSA) is 89.9 Å². The Balaban J connectivity index is 1.44.